The third-order valence-electron chi connectivity index (χ3n) is 2.82. The SMILES string of the molecule is CCCc1cc(C(=O)O)cc(Nc2cc(Cl)ccc2Cl)n1. The molecule has 1 aromatic carbocycles. The number of hydrogen-bond acceptors (Lipinski definition) is 3. The van der Waals surface area contributed by atoms with Crippen LogP contribution in [0.5, 0.6) is 0 Å². The zero-order valence-electron chi connectivity index (χ0n) is 11.4. The zero-order chi connectivity index (χ0) is 15.4. The summed E-state index contributed by atoms with van der Waals surface area (Å²) < 4.78 is 0. The number of halogens is 2. The minimum Gasteiger partial charge on any atom is -0.478 e. The lowest BCUT2D eigenvalue weighted by molar-refractivity contribution is 0.0696. The first-order valence-electron chi connectivity index (χ1n) is 6.46. The molecular weight excluding hydrogens is 311 g/mol. The number of carboxylic acid groups (broad SMARTS) is 1. The molecule has 0 saturated heterocycles. The Kier molecular flexibility index (Phi) is 5.04. The molecule has 0 bridgehead atoms. The van der Waals surface area contributed by atoms with Crippen molar-refractivity contribution in [2.24, 2.45) is 0 Å². The van der Waals surface area contributed by atoms with Crippen LogP contribution >= 0.6 is 23.2 Å². The number of rotatable bonds is 5. The molecule has 0 aliphatic rings. The lowest BCUT2D eigenvalue weighted by Gasteiger charge is -2.10. The second kappa shape index (κ2) is 6.78. The van der Waals surface area contributed by atoms with Crippen molar-refractivity contribution in [1.82, 2.24) is 4.98 Å². The van der Waals surface area contributed by atoms with Crippen molar-refractivity contribution in [3.8, 4) is 0 Å². The normalized spacial score (nSPS) is 10.4. The maximum absolute atomic E-state index is 11.2. The second-order valence-electron chi connectivity index (χ2n) is 4.54. The Morgan fingerprint density at radius 3 is 2.71 bits per heavy atom. The molecule has 2 rings (SSSR count). The smallest absolute Gasteiger partial charge is 0.335 e. The molecule has 0 aliphatic heterocycles. The number of nitrogens with zero attached hydrogens (tertiary/aromatic N) is 1. The molecule has 1 aromatic heterocycles. The van der Waals surface area contributed by atoms with Crippen LogP contribution in [-0.2, 0) is 6.42 Å². The molecule has 21 heavy (non-hydrogen) atoms. The van der Waals surface area contributed by atoms with Gasteiger partial charge in [-0.1, -0.05) is 36.5 Å². The Morgan fingerprint density at radius 2 is 2.05 bits per heavy atom. The topological polar surface area (TPSA) is 62.2 Å². The Labute approximate surface area is 132 Å². The molecule has 0 aliphatic carbocycles. The Morgan fingerprint density at radius 1 is 1.29 bits per heavy atom. The summed E-state index contributed by atoms with van der Waals surface area (Å²) in [5, 5.41) is 13.2. The monoisotopic (exact) mass is 324 g/mol. The minimum atomic E-state index is -0.991. The molecule has 0 unspecified atom stereocenters. The van der Waals surface area contributed by atoms with Crippen LogP contribution < -0.4 is 5.32 Å². The number of aromatic carboxylic acids is 1. The average molecular weight is 325 g/mol. The van der Waals surface area contributed by atoms with E-state index in [0.717, 1.165) is 12.1 Å². The van der Waals surface area contributed by atoms with Crippen LogP contribution in [0.25, 0.3) is 0 Å². The average Bonchev–Trinajstić information content (AvgIpc) is 2.43. The van der Waals surface area contributed by atoms with Crippen molar-refractivity contribution in [2.45, 2.75) is 19.8 Å². The predicted octanol–water partition coefficient (Wildman–Crippen LogP) is 4.78. The van der Waals surface area contributed by atoms with Crippen LogP contribution in [0, 0.1) is 0 Å². The van der Waals surface area contributed by atoms with Gasteiger partial charge in [-0.05, 0) is 36.8 Å². The summed E-state index contributed by atoms with van der Waals surface area (Å²) in [6.45, 7) is 2.01. The van der Waals surface area contributed by atoms with Crippen molar-refractivity contribution >= 4 is 40.7 Å². The van der Waals surface area contributed by atoms with Gasteiger partial charge in [0.2, 0.25) is 0 Å². The number of hydrogen-bond donors (Lipinski definition) is 2. The first kappa shape index (κ1) is 15.6. The minimum absolute atomic E-state index is 0.189. The van der Waals surface area contributed by atoms with Crippen LogP contribution in [0.1, 0.15) is 29.4 Å². The summed E-state index contributed by atoms with van der Waals surface area (Å²) in [5.41, 5.74) is 1.49. The lowest BCUT2D eigenvalue weighted by atomic mass is 10.1. The van der Waals surface area contributed by atoms with E-state index in [2.05, 4.69) is 10.3 Å². The van der Waals surface area contributed by atoms with Crippen molar-refractivity contribution in [3.63, 3.8) is 0 Å². The number of carboxylic acids is 1. The summed E-state index contributed by atoms with van der Waals surface area (Å²) in [7, 11) is 0. The maximum atomic E-state index is 11.2. The number of aromatic nitrogens is 1. The fourth-order valence-corrected chi connectivity index (χ4v) is 2.23. The maximum Gasteiger partial charge on any atom is 0.335 e. The zero-order valence-corrected chi connectivity index (χ0v) is 12.9. The first-order valence-corrected chi connectivity index (χ1v) is 7.21. The van der Waals surface area contributed by atoms with E-state index in [4.69, 9.17) is 28.3 Å². The van der Waals surface area contributed by atoms with E-state index in [1.807, 2.05) is 6.92 Å². The summed E-state index contributed by atoms with van der Waals surface area (Å²) in [4.78, 5) is 15.6. The van der Waals surface area contributed by atoms with Crippen LogP contribution in [0.15, 0.2) is 30.3 Å². The van der Waals surface area contributed by atoms with Gasteiger partial charge in [0.25, 0.3) is 0 Å². The highest BCUT2D eigenvalue weighted by atomic mass is 35.5. The summed E-state index contributed by atoms with van der Waals surface area (Å²) in [5.74, 6) is -0.558. The highest BCUT2D eigenvalue weighted by Gasteiger charge is 2.10. The fraction of sp³-hybridized carbons (Fsp3) is 0.200. The standard InChI is InChI=1S/C15H14Cl2N2O2/c1-2-3-11-6-9(15(20)21)7-14(18-11)19-13-8-10(16)4-5-12(13)17/h4-8H,2-3H2,1H3,(H,18,19)(H,20,21). The first-order chi connectivity index (χ1) is 9.99. The van der Waals surface area contributed by atoms with E-state index in [-0.39, 0.29) is 5.56 Å². The molecule has 0 fully saturated rings. The van der Waals surface area contributed by atoms with Crippen molar-refractivity contribution in [2.75, 3.05) is 5.32 Å². The molecule has 6 heteroatoms. The molecule has 0 amide bonds. The predicted molar refractivity (Wildman–Crippen MR) is 84.9 cm³/mol. The van der Waals surface area contributed by atoms with E-state index in [9.17, 15) is 4.79 Å². The van der Waals surface area contributed by atoms with E-state index in [0.29, 0.717) is 28.0 Å². The molecular formula is C15H14Cl2N2O2. The second-order valence-corrected chi connectivity index (χ2v) is 5.38. The molecule has 2 N–H and O–H groups in total. The van der Waals surface area contributed by atoms with Gasteiger partial charge in [0.15, 0.2) is 0 Å². The molecule has 0 spiro atoms. The van der Waals surface area contributed by atoms with E-state index in [1.54, 1.807) is 24.3 Å². The third-order valence-corrected chi connectivity index (χ3v) is 3.39. The van der Waals surface area contributed by atoms with Gasteiger partial charge in [0.1, 0.15) is 5.82 Å². The number of carbonyl (C=O) groups is 1. The van der Waals surface area contributed by atoms with Gasteiger partial charge < -0.3 is 10.4 Å². The molecule has 2 aromatic rings. The molecule has 0 radical (unpaired) electrons. The van der Waals surface area contributed by atoms with E-state index < -0.39 is 5.97 Å². The van der Waals surface area contributed by atoms with Crippen LogP contribution in [-0.4, -0.2) is 16.1 Å². The van der Waals surface area contributed by atoms with Gasteiger partial charge in [-0.25, -0.2) is 9.78 Å². The van der Waals surface area contributed by atoms with Crippen LogP contribution in [0.3, 0.4) is 0 Å². The fourth-order valence-electron chi connectivity index (χ4n) is 1.89. The number of nitrogens with one attached hydrogen (secondary N) is 1. The Balaban J connectivity index is 2.38. The van der Waals surface area contributed by atoms with Crippen LogP contribution in [0.2, 0.25) is 10.0 Å². The highest BCUT2D eigenvalue weighted by molar-refractivity contribution is 6.35. The molecule has 0 saturated carbocycles. The van der Waals surface area contributed by atoms with Crippen molar-refractivity contribution in [1.29, 1.82) is 0 Å². The Hall–Kier alpha value is -1.78. The third kappa shape index (κ3) is 4.09. The van der Waals surface area contributed by atoms with Gasteiger partial charge in [0.05, 0.1) is 16.3 Å². The number of benzene rings is 1. The van der Waals surface area contributed by atoms with Gasteiger partial charge in [-0.3, -0.25) is 0 Å². The molecule has 110 valence electrons. The molecule has 4 nitrogen and oxygen atoms in total. The molecule has 0 atom stereocenters. The Bertz CT molecular complexity index is 675. The van der Waals surface area contributed by atoms with E-state index in [1.165, 1.54) is 6.07 Å². The largest absolute Gasteiger partial charge is 0.478 e. The van der Waals surface area contributed by atoms with Gasteiger partial charge >= 0.3 is 5.97 Å². The van der Waals surface area contributed by atoms with Crippen molar-refractivity contribution in [3.05, 3.63) is 51.6 Å². The van der Waals surface area contributed by atoms with Crippen LogP contribution in [0.4, 0.5) is 11.5 Å². The molecule has 1 heterocycles. The summed E-state index contributed by atoms with van der Waals surface area (Å²) >= 11 is 12.0. The number of pyridine rings is 1. The van der Waals surface area contributed by atoms with E-state index >= 15 is 0 Å². The number of aryl methyl sites for hydroxylation is 1. The summed E-state index contributed by atoms with van der Waals surface area (Å²) in [6.07, 6.45) is 1.59. The van der Waals surface area contributed by atoms with Gasteiger partial charge in [0, 0.05) is 10.7 Å². The lowest BCUT2D eigenvalue weighted by Crippen LogP contribution is -2.04. The van der Waals surface area contributed by atoms with Gasteiger partial charge in [-0.2, -0.15) is 0 Å². The van der Waals surface area contributed by atoms with Gasteiger partial charge in [-0.15, -0.1) is 0 Å². The summed E-state index contributed by atoms with van der Waals surface area (Å²) in [6, 6.07) is 8.06. The quantitative estimate of drug-likeness (QED) is 0.830. The number of anilines is 2. The highest BCUT2D eigenvalue weighted by Crippen LogP contribution is 2.28. The van der Waals surface area contributed by atoms with Crippen molar-refractivity contribution < 1.29 is 9.90 Å².